The lowest BCUT2D eigenvalue weighted by Crippen LogP contribution is -2.14. The van der Waals surface area contributed by atoms with Gasteiger partial charge >= 0.3 is 0 Å². The highest BCUT2D eigenvalue weighted by molar-refractivity contribution is 9.10. The summed E-state index contributed by atoms with van der Waals surface area (Å²) in [7, 11) is 1.49. The minimum absolute atomic E-state index is 0.0932. The van der Waals surface area contributed by atoms with Crippen molar-refractivity contribution in [1.82, 2.24) is 9.97 Å². The second-order valence-electron chi connectivity index (χ2n) is 3.65. The number of nitrogens with zero attached hydrogens (tertiary/aromatic N) is 2. The fourth-order valence-corrected chi connectivity index (χ4v) is 2.62. The molecule has 5 nitrogen and oxygen atoms in total. The van der Waals surface area contributed by atoms with Crippen molar-refractivity contribution in [3.8, 4) is 5.75 Å². The molecule has 0 aliphatic rings. The van der Waals surface area contributed by atoms with Gasteiger partial charge in [-0.2, -0.15) is 0 Å². The molecule has 8 heteroatoms. The van der Waals surface area contributed by atoms with Crippen LogP contribution < -0.4 is 10.1 Å². The van der Waals surface area contributed by atoms with Gasteiger partial charge < -0.3 is 10.1 Å². The maximum absolute atomic E-state index is 12.1. The van der Waals surface area contributed by atoms with Crippen LogP contribution >= 0.6 is 39.1 Å². The van der Waals surface area contributed by atoms with E-state index in [9.17, 15) is 4.79 Å². The average molecular weight is 377 g/mol. The van der Waals surface area contributed by atoms with E-state index < -0.39 is 5.91 Å². The largest absolute Gasteiger partial charge is 0.493 e. The Labute approximate surface area is 133 Å². The first kappa shape index (κ1) is 15.0. The third kappa shape index (κ3) is 3.39. The molecule has 1 aromatic heterocycles. The molecule has 20 heavy (non-hydrogen) atoms. The van der Waals surface area contributed by atoms with Crippen molar-refractivity contribution in [2.24, 2.45) is 0 Å². The number of carbonyl (C=O) groups is 1. The number of rotatable bonds is 3. The fourth-order valence-electron chi connectivity index (χ4n) is 1.50. The maximum atomic E-state index is 12.1. The summed E-state index contributed by atoms with van der Waals surface area (Å²) in [6.07, 6.45) is 2.65. The number of aromatic nitrogens is 2. The van der Waals surface area contributed by atoms with Gasteiger partial charge in [-0.1, -0.05) is 23.2 Å². The highest BCUT2D eigenvalue weighted by atomic mass is 79.9. The number of halogens is 3. The Morgan fingerprint density at radius 1 is 1.35 bits per heavy atom. The number of carbonyl (C=O) groups excluding carboxylic acids is 1. The highest BCUT2D eigenvalue weighted by Gasteiger charge is 2.15. The van der Waals surface area contributed by atoms with Crippen LogP contribution in [0.5, 0.6) is 5.75 Å². The lowest BCUT2D eigenvalue weighted by molar-refractivity contribution is 0.102. The van der Waals surface area contributed by atoms with E-state index in [0.717, 1.165) is 0 Å². The number of nitrogens with one attached hydrogen (secondary N) is 1. The maximum Gasteiger partial charge on any atom is 0.276 e. The molecule has 104 valence electrons. The zero-order valence-corrected chi connectivity index (χ0v) is 13.3. The number of hydrogen-bond acceptors (Lipinski definition) is 4. The molecule has 0 saturated heterocycles. The van der Waals surface area contributed by atoms with Crippen LogP contribution in [-0.2, 0) is 0 Å². The molecule has 1 aromatic carbocycles. The van der Waals surface area contributed by atoms with E-state index in [2.05, 4.69) is 31.2 Å². The first-order valence-electron chi connectivity index (χ1n) is 5.33. The Morgan fingerprint density at radius 2 is 2.10 bits per heavy atom. The molecule has 0 aliphatic heterocycles. The second kappa shape index (κ2) is 6.39. The van der Waals surface area contributed by atoms with Crippen molar-refractivity contribution in [1.29, 1.82) is 0 Å². The first-order valence-corrected chi connectivity index (χ1v) is 6.88. The van der Waals surface area contributed by atoms with Crippen molar-refractivity contribution >= 4 is 50.7 Å². The van der Waals surface area contributed by atoms with Crippen molar-refractivity contribution in [3.05, 3.63) is 44.9 Å². The standard InChI is InChI=1S/C12H8BrCl2N3O2/c1-20-11-7(13)2-6(14)3-8(11)18-12(19)9-4-16-5-10(15)17-9/h2-5H,1H3,(H,18,19). The van der Waals surface area contributed by atoms with Gasteiger partial charge in [0.1, 0.15) is 10.8 Å². The minimum Gasteiger partial charge on any atom is -0.493 e. The molecule has 0 fully saturated rings. The van der Waals surface area contributed by atoms with Crippen LogP contribution in [-0.4, -0.2) is 23.0 Å². The molecule has 0 unspecified atom stereocenters. The summed E-state index contributed by atoms with van der Waals surface area (Å²) in [6.45, 7) is 0. The van der Waals surface area contributed by atoms with Crippen molar-refractivity contribution < 1.29 is 9.53 Å². The second-order valence-corrected chi connectivity index (χ2v) is 5.33. The van der Waals surface area contributed by atoms with E-state index in [1.807, 2.05) is 0 Å². The predicted molar refractivity (Wildman–Crippen MR) is 80.7 cm³/mol. The topological polar surface area (TPSA) is 64.1 Å². The van der Waals surface area contributed by atoms with Gasteiger partial charge in [0.25, 0.3) is 5.91 Å². The molecular formula is C12H8BrCl2N3O2. The molecule has 1 amide bonds. The van der Waals surface area contributed by atoms with E-state index >= 15 is 0 Å². The van der Waals surface area contributed by atoms with Crippen molar-refractivity contribution in [2.75, 3.05) is 12.4 Å². The van der Waals surface area contributed by atoms with Crippen LogP contribution in [0.1, 0.15) is 10.5 Å². The summed E-state index contributed by atoms with van der Waals surface area (Å²) in [6, 6.07) is 3.23. The number of ether oxygens (including phenoxy) is 1. The molecule has 0 radical (unpaired) electrons. The van der Waals surface area contributed by atoms with E-state index in [1.165, 1.54) is 19.5 Å². The van der Waals surface area contributed by atoms with E-state index in [0.29, 0.717) is 20.9 Å². The van der Waals surface area contributed by atoms with Gasteiger partial charge in [-0.05, 0) is 28.1 Å². The van der Waals surface area contributed by atoms with Gasteiger partial charge in [0.05, 0.1) is 29.7 Å². The van der Waals surface area contributed by atoms with Gasteiger partial charge in [-0.15, -0.1) is 0 Å². The van der Waals surface area contributed by atoms with Gasteiger partial charge in [-0.25, -0.2) is 4.98 Å². The lowest BCUT2D eigenvalue weighted by atomic mass is 10.2. The molecule has 0 atom stereocenters. The number of methoxy groups -OCH3 is 1. The first-order chi connectivity index (χ1) is 9.51. The van der Waals surface area contributed by atoms with Crippen LogP contribution in [0.2, 0.25) is 10.2 Å². The monoisotopic (exact) mass is 375 g/mol. The Balaban J connectivity index is 2.32. The SMILES string of the molecule is COc1c(Br)cc(Cl)cc1NC(=O)c1cncc(Cl)n1. The summed E-state index contributed by atoms with van der Waals surface area (Å²) in [5, 5.41) is 3.23. The minimum atomic E-state index is -0.465. The third-order valence-corrected chi connectivity index (χ3v) is 3.29. The molecule has 1 N–H and O–H groups in total. The quantitative estimate of drug-likeness (QED) is 0.884. The molecule has 2 rings (SSSR count). The smallest absolute Gasteiger partial charge is 0.276 e. The summed E-state index contributed by atoms with van der Waals surface area (Å²) in [5.74, 6) is -0.00907. The predicted octanol–water partition coefficient (Wildman–Crippen LogP) is 3.81. The summed E-state index contributed by atoms with van der Waals surface area (Å²) in [5.41, 5.74) is 0.509. The Morgan fingerprint density at radius 3 is 2.75 bits per heavy atom. The summed E-state index contributed by atoms with van der Waals surface area (Å²) in [4.78, 5) is 19.7. The Hall–Kier alpha value is -1.37. The van der Waals surface area contributed by atoms with Gasteiger partial charge in [0, 0.05) is 5.02 Å². The Bertz CT molecular complexity index is 667. The van der Waals surface area contributed by atoms with Crippen LogP contribution in [0, 0.1) is 0 Å². The van der Waals surface area contributed by atoms with E-state index in [4.69, 9.17) is 27.9 Å². The zero-order chi connectivity index (χ0) is 14.7. The van der Waals surface area contributed by atoms with Crippen molar-refractivity contribution in [2.45, 2.75) is 0 Å². The number of hydrogen-bond donors (Lipinski definition) is 1. The van der Waals surface area contributed by atoms with Gasteiger partial charge in [0.2, 0.25) is 0 Å². The Kier molecular flexibility index (Phi) is 4.80. The van der Waals surface area contributed by atoms with Gasteiger partial charge in [-0.3, -0.25) is 9.78 Å². The normalized spacial score (nSPS) is 10.2. The molecule has 0 saturated carbocycles. The van der Waals surface area contributed by atoms with Crippen LogP contribution in [0.3, 0.4) is 0 Å². The average Bonchev–Trinajstić information content (AvgIpc) is 2.38. The number of anilines is 1. The van der Waals surface area contributed by atoms with Crippen LogP contribution in [0.4, 0.5) is 5.69 Å². The van der Waals surface area contributed by atoms with E-state index in [1.54, 1.807) is 12.1 Å². The van der Waals surface area contributed by atoms with Crippen molar-refractivity contribution in [3.63, 3.8) is 0 Å². The zero-order valence-electron chi connectivity index (χ0n) is 10.2. The molecule has 0 aliphatic carbocycles. The lowest BCUT2D eigenvalue weighted by Gasteiger charge is -2.12. The molecule has 2 aromatic rings. The molecular weight excluding hydrogens is 369 g/mol. The summed E-state index contributed by atoms with van der Waals surface area (Å²) < 4.78 is 5.83. The highest BCUT2D eigenvalue weighted by Crippen LogP contribution is 2.36. The van der Waals surface area contributed by atoms with Gasteiger partial charge in [0.15, 0.2) is 5.75 Å². The van der Waals surface area contributed by atoms with E-state index in [-0.39, 0.29) is 10.8 Å². The van der Waals surface area contributed by atoms with Crippen LogP contribution in [0.15, 0.2) is 29.0 Å². The molecule has 1 heterocycles. The molecule has 0 bridgehead atoms. The molecule has 0 spiro atoms. The third-order valence-electron chi connectivity index (χ3n) is 2.30. The number of benzene rings is 1. The fraction of sp³-hybridized carbons (Fsp3) is 0.0833. The number of amides is 1. The summed E-state index contributed by atoms with van der Waals surface area (Å²) >= 11 is 14.9. The van der Waals surface area contributed by atoms with Crippen LogP contribution in [0.25, 0.3) is 0 Å².